The van der Waals surface area contributed by atoms with E-state index in [0.29, 0.717) is 6.61 Å². The van der Waals surface area contributed by atoms with Crippen LogP contribution >= 0.6 is 0 Å². The number of nitrogens with zero attached hydrogens (tertiary/aromatic N) is 1. The highest BCUT2D eigenvalue weighted by Gasteiger charge is 2.10. The third-order valence-corrected chi connectivity index (χ3v) is 5.00. The number of hydrogen-bond donors (Lipinski definition) is 1. The molecule has 0 spiro atoms. The number of methoxy groups -OCH3 is 1. The highest BCUT2D eigenvalue weighted by Crippen LogP contribution is 2.25. The van der Waals surface area contributed by atoms with Gasteiger partial charge in [-0.1, -0.05) is 36.4 Å². The minimum absolute atomic E-state index is 0.710. The van der Waals surface area contributed by atoms with Gasteiger partial charge in [-0.3, -0.25) is 4.90 Å². The first-order valence-electron chi connectivity index (χ1n) is 10.2. The molecule has 1 fully saturated rings. The Bertz CT molecular complexity index is 688. The Morgan fingerprint density at radius 3 is 2.68 bits per heavy atom. The highest BCUT2D eigenvalue weighted by molar-refractivity contribution is 5.40. The van der Waals surface area contributed by atoms with Crippen LogP contribution in [0.25, 0.3) is 0 Å². The van der Waals surface area contributed by atoms with Gasteiger partial charge in [0.25, 0.3) is 0 Å². The van der Waals surface area contributed by atoms with E-state index < -0.39 is 0 Å². The summed E-state index contributed by atoms with van der Waals surface area (Å²) in [6.07, 6.45) is 2.03. The fourth-order valence-corrected chi connectivity index (χ4v) is 3.34. The average Bonchev–Trinajstić information content (AvgIpc) is 2.76. The van der Waals surface area contributed by atoms with E-state index in [4.69, 9.17) is 14.2 Å². The lowest BCUT2D eigenvalue weighted by Gasteiger charge is -2.26. The second-order valence-corrected chi connectivity index (χ2v) is 7.04. The number of nitrogens with one attached hydrogen (secondary N) is 1. The van der Waals surface area contributed by atoms with Crippen LogP contribution in [0.15, 0.2) is 48.5 Å². The first-order chi connectivity index (χ1) is 13.8. The molecule has 0 atom stereocenters. The largest absolute Gasteiger partial charge is 0.497 e. The van der Waals surface area contributed by atoms with Gasteiger partial charge in [0.1, 0.15) is 11.5 Å². The van der Waals surface area contributed by atoms with Crippen LogP contribution in [0.5, 0.6) is 11.5 Å². The Morgan fingerprint density at radius 2 is 1.89 bits per heavy atom. The lowest BCUT2D eigenvalue weighted by atomic mass is 10.1. The second kappa shape index (κ2) is 11.7. The summed E-state index contributed by atoms with van der Waals surface area (Å²) in [5.41, 5.74) is 2.52. The van der Waals surface area contributed by atoms with Gasteiger partial charge in [0.2, 0.25) is 0 Å². The van der Waals surface area contributed by atoms with Gasteiger partial charge in [0.05, 0.1) is 26.9 Å². The average molecular weight is 385 g/mol. The lowest BCUT2D eigenvalue weighted by molar-refractivity contribution is 0.0357. The third kappa shape index (κ3) is 6.82. The molecule has 5 heteroatoms. The van der Waals surface area contributed by atoms with E-state index in [-0.39, 0.29) is 0 Å². The van der Waals surface area contributed by atoms with Crippen molar-refractivity contribution < 1.29 is 14.2 Å². The Kier molecular flexibility index (Phi) is 8.62. The van der Waals surface area contributed by atoms with E-state index in [1.54, 1.807) is 7.11 Å². The normalized spacial score (nSPS) is 14.8. The molecule has 3 rings (SSSR count). The number of benzene rings is 2. The van der Waals surface area contributed by atoms with Gasteiger partial charge in [0, 0.05) is 37.8 Å². The van der Waals surface area contributed by atoms with Crippen LogP contribution in [0.1, 0.15) is 17.5 Å². The maximum absolute atomic E-state index is 6.11. The lowest BCUT2D eigenvalue weighted by Crippen LogP contribution is -2.37. The molecule has 1 saturated heterocycles. The van der Waals surface area contributed by atoms with Crippen molar-refractivity contribution in [2.75, 3.05) is 53.1 Å². The maximum Gasteiger partial charge on any atom is 0.127 e. The Balaban J connectivity index is 1.45. The fourth-order valence-electron chi connectivity index (χ4n) is 3.34. The molecule has 0 bridgehead atoms. The Morgan fingerprint density at radius 1 is 1.07 bits per heavy atom. The van der Waals surface area contributed by atoms with E-state index >= 15 is 0 Å². The van der Waals surface area contributed by atoms with Crippen LogP contribution in [0, 0.1) is 0 Å². The topological polar surface area (TPSA) is 43.0 Å². The summed E-state index contributed by atoms with van der Waals surface area (Å²) >= 11 is 0. The predicted molar refractivity (Wildman–Crippen MR) is 112 cm³/mol. The first kappa shape index (κ1) is 20.6. The molecule has 0 amide bonds. The third-order valence-electron chi connectivity index (χ3n) is 5.00. The molecule has 0 saturated carbocycles. The zero-order valence-electron chi connectivity index (χ0n) is 16.9. The van der Waals surface area contributed by atoms with Gasteiger partial charge in [-0.05, 0) is 31.0 Å². The molecular weight excluding hydrogens is 352 g/mol. The minimum atomic E-state index is 0.710. The van der Waals surface area contributed by atoms with Crippen LogP contribution < -0.4 is 14.8 Å². The zero-order chi connectivity index (χ0) is 19.4. The summed E-state index contributed by atoms with van der Waals surface area (Å²) in [6, 6.07) is 16.6. The van der Waals surface area contributed by atoms with E-state index in [2.05, 4.69) is 46.6 Å². The van der Waals surface area contributed by atoms with Crippen molar-refractivity contribution in [3.63, 3.8) is 0 Å². The van der Waals surface area contributed by atoms with Crippen molar-refractivity contribution in [1.82, 2.24) is 10.2 Å². The van der Waals surface area contributed by atoms with Gasteiger partial charge in [-0.25, -0.2) is 0 Å². The first-order valence-corrected chi connectivity index (χ1v) is 10.2. The van der Waals surface area contributed by atoms with Crippen molar-refractivity contribution in [3.05, 3.63) is 59.7 Å². The van der Waals surface area contributed by atoms with Crippen LogP contribution in [0.4, 0.5) is 0 Å². The molecule has 0 unspecified atom stereocenters. The van der Waals surface area contributed by atoms with Crippen molar-refractivity contribution in [3.8, 4) is 11.5 Å². The number of rotatable bonds is 11. The summed E-state index contributed by atoms with van der Waals surface area (Å²) in [4.78, 5) is 2.44. The monoisotopic (exact) mass is 384 g/mol. The smallest absolute Gasteiger partial charge is 0.127 e. The standard InChI is InChI=1S/C23H32N2O3/c1-26-22-9-8-21(19-24-11-10-20-6-3-2-4-7-20)23(18-22)28-15-5-12-25-13-16-27-17-14-25/h2-4,6-9,18,24H,5,10-17,19H2,1H3. The second-order valence-electron chi connectivity index (χ2n) is 7.04. The molecule has 152 valence electrons. The molecule has 1 heterocycles. The summed E-state index contributed by atoms with van der Waals surface area (Å²) in [6.45, 7) is 7.22. The summed E-state index contributed by atoms with van der Waals surface area (Å²) in [7, 11) is 1.69. The number of hydrogen-bond acceptors (Lipinski definition) is 5. The molecule has 2 aromatic rings. The fraction of sp³-hybridized carbons (Fsp3) is 0.478. The van der Waals surface area contributed by atoms with Crippen molar-refractivity contribution in [1.29, 1.82) is 0 Å². The summed E-state index contributed by atoms with van der Waals surface area (Å²) in [5, 5.41) is 3.53. The van der Waals surface area contributed by atoms with Gasteiger partial charge in [0.15, 0.2) is 0 Å². The molecule has 28 heavy (non-hydrogen) atoms. The number of morpholine rings is 1. The van der Waals surface area contributed by atoms with E-state index in [1.807, 2.05) is 12.1 Å². The molecule has 5 nitrogen and oxygen atoms in total. The van der Waals surface area contributed by atoms with Crippen LogP contribution in [-0.2, 0) is 17.7 Å². The van der Waals surface area contributed by atoms with Crippen LogP contribution in [0.2, 0.25) is 0 Å². The molecule has 1 aliphatic rings. The minimum Gasteiger partial charge on any atom is -0.497 e. The highest BCUT2D eigenvalue weighted by atomic mass is 16.5. The van der Waals surface area contributed by atoms with E-state index in [1.165, 1.54) is 11.1 Å². The zero-order valence-corrected chi connectivity index (χ0v) is 16.9. The SMILES string of the molecule is COc1ccc(CNCCc2ccccc2)c(OCCCN2CCOCC2)c1. The molecule has 0 aromatic heterocycles. The van der Waals surface area contributed by atoms with Crippen molar-refractivity contribution in [2.24, 2.45) is 0 Å². The van der Waals surface area contributed by atoms with Gasteiger partial charge >= 0.3 is 0 Å². The number of ether oxygens (including phenoxy) is 3. The summed E-state index contributed by atoms with van der Waals surface area (Å²) in [5.74, 6) is 1.74. The van der Waals surface area contributed by atoms with E-state index in [0.717, 1.165) is 70.3 Å². The predicted octanol–water partition coefficient (Wildman–Crippen LogP) is 3.13. The van der Waals surface area contributed by atoms with Crippen LogP contribution in [-0.4, -0.2) is 58.0 Å². The molecule has 2 aromatic carbocycles. The molecule has 0 radical (unpaired) electrons. The Hall–Kier alpha value is -2.08. The maximum atomic E-state index is 6.11. The van der Waals surface area contributed by atoms with Crippen molar-refractivity contribution >= 4 is 0 Å². The molecule has 1 N–H and O–H groups in total. The van der Waals surface area contributed by atoms with Gasteiger partial charge in [-0.2, -0.15) is 0 Å². The van der Waals surface area contributed by atoms with Crippen molar-refractivity contribution in [2.45, 2.75) is 19.4 Å². The molecule has 1 aliphatic heterocycles. The van der Waals surface area contributed by atoms with E-state index in [9.17, 15) is 0 Å². The molecular formula is C23H32N2O3. The van der Waals surface area contributed by atoms with Gasteiger partial charge < -0.3 is 19.5 Å². The molecule has 0 aliphatic carbocycles. The van der Waals surface area contributed by atoms with Gasteiger partial charge in [-0.15, -0.1) is 0 Å². The Labute approximate surface area is 168 Å². The summed E-state index contributed by atoms with van der Waals surface area (Å²) < 4.78 is 16.9. The quantitative estimate of drug-likeness (QED) is 0.603. The van der Waals surface area contributed by atoms with Crippen LogP contribution in [0.3, 0.4) is 0 Å².